The fourth-order valence-electron chi connectivity index (χ4n) is 15.2. The molecule has 72 heavy (non-hydrogen) atoms. The van der Waals surface area contributed by atoms with Crippen molar-refractivity contribution in [2.45, 2.75) is 33.7 Å². The van der Waals surface area contributed by atoms with Gasteiger partial charge in [0.1, 0.15) is 0 Å². The topological polar surface area (TPSA) is 19.7 Å². The predicted octanol–water partition coefficient (Wildman–Crippen LogP) is 15.4. The SMILES string of the molecule is Cc1ccc(-c2ccc3c4c2-c2cccc5c2n(c2c6ccc(-c7ccc(C)cc7C)c7c6n(c52)C2c5c-7cccc5-n5c6ccccc6c6cccc2c65)B4c2cccc4c5ccccc5n-3c24)c(C)c1. The number of hydrogen-bond donors (Lipinski definition) is 0. The van der Waals surface area contributed by atoms with Gasteiger partial charge < -0.3 is 18.2 Å². The van der Waals surface area contributed by atoms with Gasteiger partial charge in [-0.2, -0.15) is 0 Å². The normalized spacial score (nSPS) is 14.5. The molecule has 4 nitrogen and oxygen atoms in total. The van der Waals surface area contributed by atoms with Crippen molar-refractivity contribution in [3.63, 3.8) is 0 Å². The monoisotopic (exact) mass is 914 g/mol. The van der Waals surface area contributed by atoms with E-state index in [1.807, 2.05) is 0 Å². The van der Waals surface area contributed by atoms with Crippen molar-refractivity contribution in [1.29, 1.82) is 0 Å². The second-order valence-electron chi connectivity index (χ2n) is 21.3. The molecular formula is C67H43BN4. The summed E-state index contributed by atoms with van der Waals surface area (Å²) in [7, 11) is 0. The van der Waals surface area contributed by atoms with Crippen molar-refractivity contribution in [2.75, 3.05) is 0 Å². The lowest BCUT2D eigenvalue weighted by atomic mass is 9.45. The van der Waals surface area contributed by atoms with Crippen LogP contribution in [0.25, 0.3) is 132 Å². The molecule has 0 saturated heterocycles. The molecule has 5 heteroatoms. The Morgan fingerprint density at radius 3 is 1.71 bits per heavy atom. The van der Waals surface area contributed by atoms with E-state index in [4.69, 9.17) is 0 Å². The molecule has 0 aliphatic carbocycles. The van der Waals surface area contributed by atoms with Crippen LogP contribution in [0.3, 0.4) is 0 Å². The fourth-order valence-corrected chi connectivity index (χ4v) is 15.2. The fraction of sp³-hybridized carbons (Fsp3) is 0.0746. The van der Waals surface area contributed by atoms with Gasteiger partial charge in [-0.3, -0.25) is 0 Å². The maximum atomic E-state index is 2.83. The first-order valence-electron chi connectivity index (χ1n) is 25.6. The number of fused-ring (bicyclic) bond motifs is 19. The molecule has 8 heterocycles. The minimum atomic E-state index is -0.0892. The standard InChI is InChI=1S/C67H43BN4/c1-35-25-27-39(37(3)33-35)43-31-32-56-60-57(43)48-18-10-20-50-62(48)72(68(60)52-21-11-16-46-42-14-6-8-23-54(42)70(56)63(46)52)67-51-30-29-44(40-28-26-36(2)34-38(40)4)58-47-17-12-24-55-59(47)65(71(64(51)58)66(50)67)49-19-9-15-45-41-13-5-7-22-53(41)69(55)61(45)49/h5-34,65H,1-4H3. The van der Waals surface area contributed by atoms with Crippen molar-refractivity contribution in [3.8, 4) is 55.9 Å². The average Bonchev–Trinajstić information content (AvgIpc) is 4.14. The van der Waals surface area contributed by atoms with Gasteiger partial charge in [0.25, 0.3) is 0 Å². The van der Waals surface area contributed by atoms with Gasteiger partial charge in [0.15, 0.2) is 0 Å². The zero-order valence-electron chi connectivity index (χ0n) is 40.3. The van der Waals surface area contributed by atoms with Gasteiger partial charge in [-0.1, -0.05) is 169 Å². The molecule has 1 unspecified atom stereocenters. The number of aryl methyl sites for hydroxylation is 4. The van der Waals surface area contributed by atoms with Crippen LogP contribution in [-0.4, -0.2) is 25.0 Å². The highest BCUT2D eigenvalue weighted by molar-refractivity contribution is 6.90. The Bertz CT molecular complexity index is 4930. The highest BCUT2D eigenvalue weighted by Crippen LogP contribution is 2.59. The summed E-state index contributed by atoms with van der Waals surface area (Å²) in [6.07, 6.45) is 0. The summed E-state index contributed by atoms with van der Waals surface area (Å²) in [6.45, 7) is 8.91. The van der Waals surface area contributed by atoms with Crippen LogP contribution in [0.5, 0.6) is 0 Å². The van der Waals surface area contributed by atoms with Crippen molar-refractivity contribution < 1.29 is 0 Å². The van der Waals surface area contributed by atoms with E-state index in [-0.39, 0.29) is 12.9 Å². The van der Waals surface area contributed by atoms with Crippen LogP contribution in [0.4, 0.5) is 0 Å². The second kappa shape index (κ2) is 12.7. The summed E-state index contributed by atoms with van der Waals surface area (Å²) in [6, 6.07) is 70.4. The van der Waals surface area contributed by atoms with Gasteiger partial charge in [-0.05, 0) is 107 Å². The Morgan fingerprint density at radius 1 is 0.375 bits per heavy atom. The third-order valence-corrected chi connectivity index (χ3v) is 17.7. The summed E-state index contributed by atoms with van der Waals surface area (Å²) >= 11 is 0. The zero-order chi connectivity index (χ0) is 47.2. The van der Waals surface area contributed by atoms with Crippen LogP contribution in [0, 0.1) is 27.7 Å². The molecule has 0 amide bonds. The summed E-state index contributed by atoms with van der Waals surface area (Å²) in [5.41, 5.74) is 34.0. The molecule has 4 aliphatic heterocycles. The minimum Gasteiger partial charge on any atom is -0.374 e. The first-order valence-corrected chi connectivity index (χ1v) is 25.6. The average molecular weight is 915 g/mol. The summed E-state index contributed by atoms with van der Waals surface area (Å²) in [5, 5.41) is 7.82. The number of rotatable bonds is 2. The maximum absolute atomic E-state index is 2.83. The number of benzene rings is 10. The van der Waals surface area contributed by atoms with Crippen LogP contribution in [-0.2, 0) is 0 Å². The molecule has 18 rings (SSSR count). The van der Waals surface area contributed by atoms with Crippen molar-refractivity contribution in [2.24, 2.45) is 0 Å². The summed E-state index contributed by atoms with van der Waals surface area (Å²) in [5.74, 6) is 0. The van der Waals surface area contributed by atoms with E-state index in [2.05, 4.69) is 228 Å². The number of aromatic nitrogens is 4. The van der Waals surface area contributed by atoms with E-state index in [9.17, 15) is 0 Å². The number of para-hydroxylation sites is 5. The van der Waals surface area contributed by atoms with E-state index >= 15 is 0 Å². The lowest BCUT2D eigenvalue weighted by molar-refractivity contribution is 0.711. The van der Waals surface area contributed by atoms with E-state index in [1.165, 1.54) is 177 Å². The molecule has 0 saturated carbocycles. The van der Waals surface area contributed by atoms with Crippen LogP contribution in [0.2, 0.25) is 0 Å². The van der Waals surface area contributed by atoms with Crippen molar-refractivity contribution in [1.82, 2.24) is 18.2 Å². The Morgan fingerprint density at radius 2 is 0.958 bits per heavy atom. The van der Waals surface area contributed by atoms with E-state index in [1.54, 1.807) is 0 Å². The summed E-state index contributed by atoms with van der Waals surface area (Å²) < 4.78 is 10.8. The number of nitrogens with zero attached hydrogens (tertiary/aromatic N) is 4. The molecule has 4 aliphatic rings. The molecular weight excluding hydrogens is 872 g/mol. The largest absolute Gasteiger partial charge is 0.374 e. The number of hydrogen-bond acceptors (Lipinski definition) is 0. The lowest BCUT2D eigenvalue weighted by Gasteiger charge is -2.37. The Kier molecular flexibility index (Phi) is 6.73. The molecule has 10 aromatic carbocycles. The predicted molar refractivity (Wildman–Crippen MR) is 302 cm³/mol. The molecule has 0 fully saturated rings. The highest BCUT2D eigenvalue weighted by atomic mass is 15.1. The summed E-state index contributed by atoms with van der Waals surface area (Å²) in [4.78, 5) is 0. The van der Waals surface area contributed by atoms with Gasteiger partial charge >= 0.3 is 6.85 Å². The molecule has 0 N–H and O–H groups in total. The van der Waals surface area contributed by atoms with Crippen molar-refractivity contribution >= 4 is 94.2 Å². The maximum Gasteiger partial charge on any atom is 0.333 e. The van der Waals surface area contributed by atoms with Crippen LogP contribution < -0.4 is 10.9 Å². The first kappa shape index (κ1) is 38.0. The van der Waals surface area contributed by atoms with Crippen LogP contribution in [0.15, 0.2) is 182 Å². The van der Waals surface area contributed by atoms with Gasteiger partial charge in [0, 0.05) is 65.8 Å². The van der Waals surface area contributed by atoms with Gasteiger partial charge in [-0.15, -0.1) is 0 Å². The molecule has 14 aromatic rings. The Labute approximate surface area is 415 Å². The molecule has 334 valence electrons. The first-order chi connectivity index (χ1) is 35.4. The second-order valence-corrected chi connectivity index (χ2v) is 21.3. The van der Waals surface area contributed by atoms with Crippen LogP contribution >= 0.6 is 0 Å². The lowest BCUT2D eigenvalue weighted by Crippen LogP contribution is -2.55. The molecule has 0 bridgehead atoms. The zero-order valence-corrected chi connectivity index (χ0v) is 40.3. The van der Waals surface area contributed by atoms with Crippen LogP contribution in [0.1, 0.15) is 39.4 Å². The third kappa shape index (κ3) is 4.22. The minimum absolute atomic E-state index is 0.0666. The Balaban J connectivity index is 1.07. The third-order valence-electron chi connectivity index (χ3n) is 17.7. The Hall–Kier alpha value is -8.80. The van der Waals surface area contributed by atoms with Gasteiger partial charge in [0.05, 0.1) is 50.3 Å². The van der Waals surface area contributed by atoms with E-state index in [0.29, 0.717) is 0 Å². The smallest absolute Gasteiger partial charge is 0.333 e. The van der Waals surface area contributed by atoms with Crippen molar-refractivity contribution in [3.05, 3.63) is 215 Å². The molecule has 0 spiro atoms. The molecule has 0 radical (unpaired) electrons. The molecule has 1 atom stereocenters. The van der Waals surface area contributed by atoms with E-state index < -0.39 is 0 Å². The van der Waals surface area contributed by atoms with E-state index in [0.717, 1.165) is 0 Å². The quantitative estimate of drug-likeness (QED) is 0.154. The highest BCUT2D eigenvalue weighted by Gasteiger charge is 2.46. The molecule has 4 aromatic heterocycles. The van der Waals surface area contributed by atoms with Gasteiger partial charge in [0.2, 0.25) is 0 Å². The van der Waals surface area contributed by atoms with Gasteiger partial charge in [-0.25, -0.2) is 0 Å².